The van der Waals surface area contributed by atoms with Crippen molar-refractivity contribution in [2.24, 2.45) is 5.92 Å². The highest BCUT2D eigenvalue weighted by Crippen LogP contribution is 2.31. The fraction of sp³-hybridized carbons (Fsp3) is 0.367. The smallest absolute Gasteiger partial charge is 0.226 e. The SMILES string of the molecule is CC(C)C(=O)Nc1cccc(C2CCN(CCC(Oc3cccc(Cl)c3)c3ccc(F)cc3)CC2)c1. The number of likely N-dealkylation sites (tertiary alicyclic amines) is 1. The van der Waals surface area contributed by atoms with Gasteiger partial charge in [0.15, 0.2) is 0 Å². The lowest BCUT2D eigenvalue weighted by Gasteiger charge is -2.33. The summed E-state index contributed by atoms with van der Waals surface area (Å²) in [6.07, 6.45) is 2.73. The predicted molar refractivity (Wildman–Crippen MR) is 144 cm³/mol. The van der Waals surface area contributed by atoms with Crippen LogP contribution in [-0.2, 0) is 4.79 Å². The van der Waals surface area contributed by atoms with Crippen LogP contribution in [0.1, 0.15) is 56.3 Å². The molecule has 0 bridgehead atoms. The van der Waals surface area contributed by atoms with Gasteiger partial charge in [-0.1, -0.05) is 55.8 Å². The molecule has 4 nitrogen and oxygen atoms in total. The zero-order valence-corrected chi connectivity index (χ0v) is 21.7. The van der Waals surface area contributed by atoms with E-state index in [-0.39, 0.29) is 23.7 Å². The van der Waals surface area contributed by atoms with Crippen LogP contribution in [0.5, 0.6) is 5.75 Å². The molecule has 1 aliphatic rings. The van der Waals surface area contributed by atoms with E-state index in [9.17, 15) is 9.18 Å². The first-order chi connectivity index (χ1) is 17.4. The molecule has 4 rings (SSSR count). The molecule has 1 atom stereocenters. The van der Waals surface area contributed by atoms with E-state index in [4.69, 9.17) is 16.3 Å². The molecule has 3 aromatic carbocycles. The molecular formula is C30H34ClFN2O2. The maximum absolute atomic E-state index is 13.5. The van der Waals surface area contributed by atoms with Crippen molar-refractivity contribution in [2.75, 3.05) is 25.0 Å². The number of rotatable bonds is 9. The molecule has 190 valence electrons. The molecule has 1 aliphatic heterocycles. The van der Waals surface area contributed by atoms with Crippen LogP contribution in [0.25, 0.3) is 0 Å². The van der Waals surface area contributed by atoms with Gasteiger partial charge in [0.2, 0.25) is 5.91 Å². The van der Waals surface area contributed by atoms with Crippen LogP contribution < -0.4 is 10.1 Å². The first kappa shape index (κ1) is 26.2. The standard InChI is InChI=1S/C30H34ClFN2O2/c1-21(2)30(35)33-27-7-3-5-24(19-27)22-13-16-34(17-14-22)18-15-29(23-9-11-26(32)12-10-23)36-28-8-4-6-25(31)20-28/h3-12,19-22,29H,13-18H2,1-2H3,(H,33,35). The highest BCUT2D eigenvalue weighted by molar-refractivity contribution is 6.30. The van der Waals surface area contributed by atoms with Crippen LogP contribution in [-0.4, -0.2) is 30.4 Å². The van der Waals surface area contributed by atoms with Crippen molar-refractivity contribution in [2.45, 2.75) is 45.1 Å². The van der Waals surface area contributed by atoms with Gasteiger partial charge in [-0.2, -0.15) is 0 Å². The van der Waals surface area contributed by atoms with Crippen molar-refractivity contribution < 1.29 is 13.9 Å². The summed E-state index contributed by atoms with van der Waals surface area (Å²) in [4.78, 5) is 14.5. The lowest BCUT2D eigenvalue weighted by Crippen LogP contribution is -2.34. The summed E-state index contributed by atoms with van der Waals surface area (Å²) in [6.45, 7) is 6.69. The van der Waals surface area contributed by atoms with Gasteiger partial charge in [-0.3, -0.25) is 4.79 Å². The number of carbonyl (C=O) groups excluding carboxylic acids is 1. The molecule has 1 fully saturated rings. The van der Waals surface area contributed by atoms with Gasteiger partial charge < -0.3 is 15.0 Å². The molecule has 0 saturated carbocycles. The normalized spacial score (nSPS) is 15.6. The number of nitrogens with one attached hydrogen (secondary N) is 1. The topological polar surface area (TPSA) is 41.6 Å². The Bertz CT molecular complexity index is 1140. The fourth-order valence-corrected chi connectivity index (χ4v) is 4.80. The summed E-state index contributed by atoms with van der Waals surface area (Å²) in [7, 11) is 0. The Labute approximate surface area is 218 Å². The van der Waals surface area contributed by atoms with Gasteiger partial charge in [-0.25, -0.2) is 4.39 Å². The van der Waals surface area contributed by atoms with Gasteiger partial charge in [0, 0.05) is 29.6 Å². The zero-order valence-electron chi connectivity index (χ0n) is 20.9. The van der Waals surface area contributed by atoms with Crippen LogP contribution >= 0.6 is 11.6 Å². The van der Waals surface area contributed by atoms with Gasteiger partial charge in [0.05, 0.1) is 0 Å². The minimum Gasteiger partial charge on any atom is -0.486 e. The summed E-state index contributed by atoms with van der Waals surface area (Å²) < 4.78 is 19.8. The summed E-state index contributed by atoms with van der Waals surface area (Å²) in [5, 5.41) is 3.64. The maximum Gasteiger partial charge on any atom is 0.226 e. The summed E-state index contributed by atoms with van der Waals surface area (Å²) >= 11 is 6.15. The van der Waals surface area contributed by atoms with Crippen molar-refractivity contribution in [3.05, 3.63) is 94.8 Å². The molecule has 6 heteroatoms. The maximum atomic E-state index is 13.5. The molecule has 1 unspecified atom stereocenters. The van der Waals surface area contributed by atoms with E-state index in [1.807, 2.05) is 44.2 Å². The third kappa shape index (κ3) is 7.31. The van der Waals surface area contributed by atoms with Crippen LogP contribution in [0.4, 0.5) is 10.1 Å². The molecule has 0 aliphatic carbocycles. The zero-order chi connectivity index (χ0) is 25.5. The van der Waals surface area contributed by atoms with Crippen LogP contribution in [0, 0.1) is 11.7 Å². The molecule has 1 saturated heterocycles. The third-order valence-corrected chi connectivity index (χ3v) is 7.00. The molecular weight excluding hydrogens is 475 g/mol. The second-order valence-corrected chi connectivity index (χ2v) is 10.2. The quantitative estimate of drug-likeness (QED) is 0.326. The Morgan fingerprint density at radius 1 is 1.06 bits per heavy atom. The third-order valence-electron chi connectivity index (χ3n) is 6.76. The van der Waals surface area contributed by atoms with Gasteiger partial charge in [0.25, 0.3) is 0 Å². The number of benzene rings is 3. The average Bonchev–Trinajstić information content (AvgIpc) is 2.87. The Hall–Kier alpha value is -2.89. The van der Waals surface area contributed by atoms with Crippen molar-refractivity contribution in [1.29, 1.82) is 0 Å². The average molecular weight is 509 g/mol. The van der Waals surface area contributed by atoms with E-state index >= 15 is 0 Å². The number of carbonyl (C=O) groups is 1. The van der Waals surface area contributed by atoms with Gasteiger partial charge >= 0.3 is 0 Å². The van der Waals surface area contributed by atoms with Crippen LogP contribution in [0.3, 0.4) is 0 Å². The van der Waals surface area contributed by atoms with Gasteiger partial charge in [-0.05, 0) is 85.4 Å². The highest BCUT2D eigenvalue weighted by atomic mass is 35.5. The largest absolute Gasteiger partial charge is 0.486 e. The van der Waals surface area contributed by atoms with E-state index in [0.717, 1.165) is 50.1 Å². The molecule has 0 radical (unpaired) electrons. The van der Waals surface area contributed by atoms with Gasteiger partial charge in [-0.15, -0.1) is 0 Å². The fourth-order valence-electron chi connectivity index (χ4n) is 4.62. The second kappa shape index (κ2) is 12.4. The number of ether oxygens (including phenoxy) is 1. The number of hydrogen-bond acceptors (Lipinski definition) is 3. The first-order valence-corrected chi connectivity index (χ1v) is 13.1. The Balaban J connectivity index is 1.34. The molecule has 0 aromatic heterocycles. The number of hydrogen-bond donors (Lipinski definition) is 1. The predicted octanol–water partition coefficient (Wildman–Crippen LogP) is 7.46. The summed E-state index contributed by atoms with van der Waals surface area (Å²) in [5.74, 6) is 0.930. The Kier molecular flexibility index (Phi) is 9.00. The number of anilines is 1. The minimum atomic E-state index is -0.254. The molecule has 36 heavy (non-hydrogen) atoms. The summed E-state index contributed by atoms with van der Waals surface area (Å²) in [5.41, 5.74) is 3.10. The van der Waals surface area contributed by atoms with Crippen LogP contribution in [0.2, 0.25) is 5.02 Å². The first-order valence-electron chi connectivity index (χ1n) is 12.7. The van der Waals surface area contributed by atoms with Crippen molar-refractivity contribution in [1.82, 2.24) is 4.90 Å². The van der Waals surface area contributed by atoms with E-state index in [0.29, 0.717) is 16.7 Å². The lowest BCUT2D eigenvalue weighted by atomic mass is 9.89. The number of piperidine rings is 1. The molecule has 0 spiro atoms. The van der Waals surface area contributed by atoms with E-state index < -0.39 is 0 Å². The van der Waals surface area contributed by atoms with Crippen LogP contribution in [0.15, 0.2) is 72.8 Å². The molecule has 3 aromatic rings. The highest BCUT2D eigenvalue weighted by Gasteiger charge is 2.23. The number of nitrogens with zero attached hydrogens (tertiary/aromatic N) is 1. The van der Waals surface area contributed by atoms with Crippen molar-refractivity contribution in [3.8, 4) is 5.75 Å². The second-order valence-electron chi connectivity index (χ2n) is 9.79. The van der Waals surface area contributed by atoms with E-state index in [2.05, 4.69) is 22.3 Å². The monoisotopic (exact) mass is 508 g/mol. The number of amides is 1. The lowest BCUT2D eigenvalue weighted by molar-refractivity contribution is -0.118. The van der Waals surface area contributed by atoms with E-state index in [1.165, 1.54) is 17.7 Å². The Morgan fingerprint density at radius 3 is 2.47 bits per heavy atom. The summed E-state index contributed by atoms with van der Waals surface area (Å²) in [6, 6.07) is 22.2. The van der Waals surface area contributed by atoms with Crippen molar-refractivity contribution in [3.63, 3.8) is 0 Å². The van der Waals surface area contributed by atoms with E-state index in [1.54, 1.807) is 18.2 Å². The molecule has 1 amide bonds. The van der Waals surface area contributed by atoms with Crippen molar-refractivity contribution >= 4 is 23.2 Å². The molecule has 1 N–H and O–H groups in total. The van der Waals surface area contributed by atoms with Gasteiger partial charge in [0.1, 0.15) is 17.7 Å². The minimum absolute atomic E-state index is 0.0395. The molecule has 1 heterocycles. The number of halogens is 2. The Morgan fingerprint density at radius 2 is 1.78 bits per heavy atom.